The summed E-state index contributed by atoms with van der Waals surface area (Å²) in [6, 6.07) is 6.96. The van der Waals surface area contributed by atoms with Crippen molar-refractivity contribution in [3.05, 3.63) is 47.1 Å². The van der Waals surface area contributed by atoms with Crippen LogP contribution < -0.4 is 5.48 Å². The quantitative estimate of drug-likeness (QED) is 0.401. The van der Waals surface area contributed by atoms with Gasteiger partial charge in [-0.15, -0.1) is 0 Å². The molecule has 0 spiro atoms. The maximum absolute atomic E-state index is 11.5. The van der Waals surface area contributed by atoms with Crippen molar-refractivity contribution in [1.29, 1.82) is 0 Å². The van der Waals surface area contributed by atoms with E-state index in [1.165, 1.54) is 7.11 Å². The molecule has 0 bridgehead atoms. The summed E-state index contributed by atoms with van der Waals surface area (Å²) in [5.74, 6) is -0.214. The molecular weight excluding hydrogens is 338 g/mol. The van der Waals surface area contributed by atoms with Crippen molar-refractivity contribution in [2.24, 2.45) is 0 Å². The Hall–Kier alpha value is -2.74. The number of amides is 1. The summed E-state index contributed by atoms with van der Waals surface area (Å²) in [7, 11) is 1.34. The number of esters is 1. The van der Waals surface area contributed by atoms with Crippen LogP contribution in [0.25, 0.3) is 0 Å². The third-order valence-electron chi connectivity index (χ3n) is 4.03. The van der Waals surface area contributed by atoms with Crippen molar-refractivity contribution in [2.45, 2.75) is 44.9 Å². The number of methoxy groups -OCH3 is 1. The summed E-state index contributed by atoms with van der Waals surface area (Å²) in [5, 5.41) is 12.7. The fourth-order valence-corrected chi connectivity index (χ4v) is 2.60. The third kappa shape index (κ3) is 5.38. The third-order valence-corrected chi connectivity index (χ3v) is 4.03. The molecule has 1 amide bonds. The van der Waals surface area contributed by atoms with Gasteiger partial charge in [0.1, 0.15) is 0 Å². The molecule has 0 aliphatic carbocycles. The van der Waals surface area contributed by atoms with Crippen LogP contribution in [0.5, 0.6) is 0 Å². The molecule has 0 saturated carbocycles. The molecule has 0 aliphatic heterocycles. The molecule has 0 saturated heterocycles. The first-order valence-electron chi connectivity index (χ1n) is 8.50. The molecule has 2 rings (SSSR count). The zero-order chi connectivity index (χ0) is 18.9. The number of hydrogen-bond donors (Lipinski definition) is 2. The zero-order valence-electron chi connectivity index (χ0n) is 14.9. The predicted octanol–water partition coefficient (Wildman–Crippen LogP) is 2.62. The Labute approximate surface area is 151 Å². The molecule has 0 unspecified atom stereocenters. The minimum absolute atomic E-state index is 0.0892. The number of carbonyl (C=O) groups is 2. The van der Waals surface area contributed by atoms with E-state index >= 15 is 0 Å². The van der Waals surface area contributed by atoms with Crippen LogP contribution in [-0.4, -0.2) is 34.3 Å². The van der Waals surface area contributed by atoms with Gasteiger partial charge in [-0.25, -0.2) is 10.3 Å². The van der Waals surface area contributed by atoms with Gasteiger partial charge < -0.3 is 9.26 Å². The topological polar surface area (TPSA) is 115 Å². The van der Waals surface area contributed by atoms with Gasteiger partial charge in [-0.3, -0.25) is 10.0 Å². The molecule has 140 valence electrons. The van der Waals surface area contributed by atoms with E-state index in [0.717, 1.165) is 24.8 Å². The number of hydroxylamine groups is 1. The Balaban J connectivity index is 2.06. The molecule has 0 fully saturated rings. The highest BCUT2D eigenvalue weighted by atomic mass is 16.5. The van der Waals surface area contributed by atoms with E-state index in [1.54, 1.807) is 29.7 Å². The number of hydrogen-bond acceptors (Lipinski definition) is 7. The van der Waals surface area contributed by atoms with E-state index in [9.17, 15) is 9.59 Å². The number of nitrogens with one attached hydrogen (secondary N) is 1. The van der Waals surface area contributed by atoms with Gasteiger partial charge in [0.15, 0.2) is 5.82 Å². The molecule has 2 aromatic rings. The standard InChI is InChI=1S/C18H23N3O5/c1-3-4-5-14(11-16(22)20-24)17-19-15(21-26-17)10-12-6-8-13(9-7-12)18(23)25-2/h6-9,14,24H,3-5,10-11H2,1-2H3,(H,20,22)/t14-/m1/s1. The molecule has 2 N–H and O–H groups in total. The first-order chi connectivity index (χ1) is 12.6. The molecule has 1 heterocycles. The predicted molar refractivity (Wildman–Crippen MR) is 91.7 cm³/mol. The second kappa shape index (κ2) is 9.67. The highest BCUT2D eigenvalue weighted by molar-refractivity contribution is 5.89. The average Bonchev–Trinajstić information content (AvgIpc) is 3.13. The second-order valence-electron chi connectivity index (χ2n) is 5.99. The molecule has 8 nitrogen and oxygen atoms in total. The van der Waals surface area contributed by atoms with E-state index in [1.807, 2.05) is 0 Å². The van der Waals surface area contributed by atoms with Gasteiger partial charge in [0.05, 0.1) is 12.7 Å². The maximum atomic E-state index is 11.5. The minimum atomic E-state index is -0.482. The summed E-state index contributed by atoms with van der Waals surface area (Å²) < 4.78 is 9.99. The summed E-state index contributed by atoms with van der Waals surface area (Å²) in [5.41, 5.74) is 3.03. The molecular formula is C18H23N3O5. The Morgan fingerprint density at radius 3 is 2.65 bits per heavy atom. The van der Waals surface area contributed by atoms with Crippen molar-refractivity contribution in [2.75, 3.05) is 7.11 Å². The molecule has 1 aromatic carbocycles. The molecule has 1 aromatic heterocycles. The molecule has 0 aliphatic rings. The van der Waals surface area contributed by atoms with Crippen LogP contribution in [0, 0.1) is 0 Å². The largest absolute Gasteiger partial charge is 0.465 e. The molecule has 8 heteroatoms. The SMILES string of the molecule is CCCC[C@H](CC(=O)NO)c1nc(Cc2ccc(C(=O)OC)cc2)no1. The normalized spacial score (nSPS) is 11.8. The van der Waals surface area contributed by atoms with E-state index in [4.69, 9.17) is 9.73 Å². The Bertz CT molecular complexity index is 727. The van der Waals surface area contributed by atoms with Crippen LogP contribution in [0.1, 0.15) is 66.2 Å². The minimum Gasteiger partial charge on any atom is -0.465 e. The summed E-state index contributed by atoms with van der Waals surface area (Å²) >= 11 is 0. The van der Waals surface area contributed by atoms with Crippen molar-refractivity contribution in [3.8, 4) is 0 Å². The number of benzene rings is 1. The molecule has 26 heavy (non-hydrogen) atoms. The number of unbranched alkanes of at least 4 members (excludes halogenated alkanes) is 1. The van der Waals surface area contributed by atoms with E-state index < -0.39 is 5.91 Å². The van der Waals surface area contributed by atoms with Crippen molar-refractivity contribution in [3.63, 3.8) is 0 Å². The van der Waals surface area contributed by atoms with Crippen LogP contribution >= 0.6 is 0 Å². The lowest BCUT2D eigenvalue weighted by molar-refractivity contribution is -0.129. The van der Waals surface area contributed by atoms with E-state index in [0.29, 0.717) is 23.7 Å². The van der Waals surface area contributed by atoms with Gasteiger partial charge >= 0.3 is 5.97 Å². The Morgan fingerprint density at radius 2 is 2.04 bits per heavy atom. The monoisotopic (exact) mass is 361 g/mol. The van der Waals surface area contributed by atoms with Gasteiger partial charge in [-0.2, -0.15) is 4.98 Å². The van der Waals surface area contributed by atoms with Crippen LogP contribution in [0.2, 0.25) is 0 Å². The lowest BCUT2D eigenvalue weighted by Crippen LogP contribution is -2.21. The zero-order valence-corrected chi connectivity index (χ0v) is 14.9. The lowest BCUT2D eigenvalue weighted by atomic mass is 9.98. The van der Waals surface area contributed by atoms with Gasteiger partial charge in [-0.05, 0) is 24.1 Å². The lowest BCUT2D eigenvalue weighted by Gasteiger charge is -2.10. The van der Waals surface area contributed by atoms with Crippen molar-refractivity contribution < 1.29 is 24.1 Å². The summed E-state index contributed by atoms with van der Waals surface area (Å²) in [6.07, 6.45) is 3.14. The number of ether oxygens (including phenoxy) is 1. The summed E-state index contributed by atoms with van der Waals surface area (Å²) in [4.78, 5) is 27.3. The van der Waals surface area contributed by atoms with Gasteiger partial charge in [0.2, 0.25) is 11.8 Å². The first kappa shape index (κ1) is 19.6. The number of aromatic nitrogens is 2. The smallest absolute Gasteiger partial charge is 0.337 e. The molecule has 1 atom stereocenters. The highest BCUT2D eigenvalue weighted by Crippen LogP contribution is 2.24. The van der Waals surface area contributed by atoms with Crippen molar-refractivity contribution >= 4 is 11.9 Å². The summed E-state index contributed by atoms with van der Waals surface area (Å²) in [6.45, 7) is 2.06. The fraction of sp³-hybridized carbons (Fsp3) is 0.444. The Morgan fingerprint density at radius 1 is 1.31 bits per heavy atom. The van der Waals surface area contributed by atoms with Gasteiger partial charge in [0.25, 0.3) is 0 Å². The fourth-order valence-electron chi connectivity index (χ4n) is 2.60. The van der Waals surface area contributed by atoms with E-state index in [2.05, 4.69) is 21.8 Å². The van der Waals surface area contributed by atoms with Crippen molar-refractivity contribution in [1.82, 2.24) is 15.6 Å². The van der Waals surface area contributed by atoms with Crippen LogP contribution in [0.3, 0.4) is 0 Å². The Kier molecular flexibility index (Phi) is 7.28. The highest BCUT2D eigenvalue weighted by Gasteiger charge is 2.22. The molecule has 0 radical (unpaired) electrons. The van der Waals surface area contributed by atoms with Crippen LogP contribution in [-0.2, 0) is 16.0 Å². The first-order valence-corrected chi connectivity index (χ1v) is 8.50. The maximum Gasteiger partial charge on any atom is 0.337 e. The number of carbonyl (C=O) groups excluding carboxylic acids is 2. The van der Waals surface area contributed by atoms with Gasteiger partial charge in [0, 0.05) is 18.8 Å². The van der Waals surface area contributed by atoms with Gasteiger partial charge in [-0.1, -0.05) is 37.1 Å². The second-order valence-corrected chi connectivity index (χ2v) is 5.99. The van der Waals surface area contributed by atoms with E-state index in [-0.39, 0.29) is 18.3 Å². The average molecular weight is 361 g/mol. The number of nitrogens with zero attached hydrogens (tertiary/aromatic N) is 2. The number of rotatable bonds is 9. The van der Waals surface area contributed by atoms with Crippen LogP contribution in [0.15, 0.2) is 28.8 Å². The van der Waals surface area contributed by atoms with Crippen LogP contribution in [0.4, 0.5) is 0 Å².